The summed E-state index contributed by atoms with van der Waals surface area (Å²) in [6.45, 7) is 8.68. The van der Waals surface area contributed by atoms with Crippen molar-refractivity contribution in [2.75, 3.05) is 13.1 Å². The molecule has 2 nitrogen and oxygen atoms in total. The van der Waals surface area contributed by atoms with Crippen molar-refractivity contribution < 1.29 is 4.79 Å². The summed E-state index contributed by atoms with van der Waals surface area (Å²) in [7, 11) is 0. The molecule has 0 aliphatic carbocycles. The first-order valence-corrected chi connectivity index (χ1v) is 5.77. The topological polar surface area (TPSA) is 20.3 Å². The van der Waals surface area contributed by atoms with Crippen LogP contribution in [0.1, 0.15) is 52.9 Å². The van der Waals surface area contributed by atoms with Crippen LogP contribution in [0.15, 0.2) is 0 Å². The third-order valence-electron chi connectivity index (χ3n) is 2.78. The van der Waals surface area contributed by atoms with Gasteiger partial charge in [-0.2, -0.15) is 0 Å². The molecular formula is C12H23NO. The molecule has 0 aromatic rings. The van der Waals surface area contributed by atoms with Crippen molar-refractivity contribution in [3.05, 3.63) is 0 Å². The smallest absolute Gasteiger partial charge is 0.222 e. The molecule has 0 unspecified atom stereocenters. The van der Waals surface area contributed by atoms with Crippen LogP contribution in [0.2, 0.25) is 0 Å². The van der Waals surface area contributed by atoms with Crippen LogP contribution in [0.4, 0.5) is 0 Å². The van der Waals surface area contributed by atoms with E-state index in [9.17, 15) is 4.79 Å². The Morgan fingerprint density at radius 2 is 1.79 bits per heavy atom. The number of carbonyl (C=O) groups excluding carboxylic acids is 1. The Kier molecular flexibility index (Phi) is 3.97. The summed E-state index contributed by atoms with van der Waals surface area (Å²) in [6.07, 6.45) is 5.33. The molecule has 0 spiro atoms. The largest absolute Gasteiger partial charge is 0.343 e. The molecule has 0 saturated carbocycles. The highest BCUT2D eigenvalue weighted by atomic mass is 16.2. The quantitative estimate of drug-likeness (QED) is 0.681. The van der Waals surface area contributed by atoms with Crippen molar-refractivity contribution in [1.82, 2.24) is 4.90 Å². The fourth-order valence-corrected chi connectivity index (χ4v) is 1.89. The van der Waals surface area contributed by atoms with E-state index in [0.717, 1.165) is 32.4 Å². The van der Waals surface area contributed by atoms with Gasteiger partial charge in [0.2, 0.25) is 5.91 Å². The van der Waals surface area contributed by atoms with E-state index in [-0.39, 0.29) is 0 Å². The molecule has 1 rings (SSSR count). The van der Waals surface area contributed by atoms with Crippen LogP contribution in [0, 0.1) is 5.41 Å². The molecule has 0 N–H and O–H groups in total. The maximum atomic E-state index is 11.7. The second-order valence-corrected chi connectivity index (χ2v) is 5.50. The first-order valence-electron chi connectivity index (χ1n) is 5.77. The van der Waals surface area contributed by atoms with Crippen LogP contribution in [-0.2, 0) is 4.79 Å². The van der Waals surface area contributed by atoms with Gasteiger partial charge < -0.3 is 4.90 Å². The van der Waals surface area contributed by atoms with Crippen molar-refractivity contribution in [2.24, 2.45) is 5.41 Å². The van der Waals surface area contributed by atoms with Crippen LogP contribution in [0.25, 0.3) is 0 Å². The van der Waals surface area contributed by atoms with E-state index in [0.29, 0.717) is 11.3 Å². The van der Waals surface area contributed by atoms with Gasteiger partial charge in [-0.15, -0.1) is 0 Å². The van der Waals surface area contributed by atoms with E-state index >= 15 is 0 Å². The van der Waals surface area contributed by atoms with Crippen LogP contribution < -0.4 is 0 Å². The van der Waals surface area contributed by atoms with Gasteiger partial charge in [0.1, 0.15) is 0 Å². The Balaban J connectivity index is 2.15. The molecule has 1 aliphatic rings. The highest BCUT2D eigenvalue weighted by Crippen LogP contribution is 2.22. The average Bonchev–Trinajstić information content (AvgIpc) is 2.53. The molecule has 2 heteroatoms. The zero-order valence-electron chi connectivity index (χ0n) is 9.81. The Bertz CT molecular complexity index is 187. The van der Waals surface area contributed by atoms with Crippen LogP contribution in [-0.4, -0.2) is 23.9 Å². The standard InChI is InChI=1S/C12H23NO/c1-12(2,3)8-6-7-11(14)13-9-4-5-10-13/h4-10H2,1-3H3. The zero-order chi connectivity index (χ0) is 10.6. The summed E-state index contributed by atoms with van der Waals surface area (Å²) >= 11 is 0. The Labute approximate surface area is 87.7 Å². The highest BCUT2D eigenvalue weighted by molar-refractivity contribution is 5.76. The minimum atomic E-state index is 0.366. The second kappa shape index (κ2) is 4.81. The molecule has 82 valence electrons. The van der Waals surface area contributed by atoms with Gasteiger partial charge in [0.15, 0.2) is 0 Å². The Morgan fingerprint density at radius 1 is 1.21 bits per heavy atom. The van der Waals surface area contributed by atoms with Gasteiger partial charge >= 0.3 is 0 Å². The van der Waals surface area contributed by atoms with E-state index in [4.69, 9.17) is 0 Å². The fourth-order valence-electron chi connectivity index (χ4n) is 1.89. The lowest BCUT2D eigenvalue weighted by Crippen LogP contribution is -2.27. The minimum absolute atomic E-state index is 0.366. The van der Waals surface area contributed by atoms with E-state index in [2.05, 4.69) is 20.8 Å². The summed E-state index contributed by atoms with van der Waals surface area (Å²) < 4.78 is 0. The molecule has 0 atom stereocenters. The van der Waals surface area contributed by atoms with Gasteiger partial charge in [0, 0.05) is 19.5 Å². The van der Waals surface area contributed by atoms with E-state index in [1.54, 1.807) is 0 Å². The summed E-state index contributed by atoms with van der Waals surface area (Å²) in [4.78, 5) is 13.7. The second-order valence-electron chi connectivity index (χ2n) is 5.50. The average molecular weight is 197 g/mol. The molecule has 0 radical (unpaired) electrons. The molecule has 0 bridgehead atoms. The molecule has 1 aliphatic heterocycles. The van der Waals surface area contributed by atoms with Crippen molar-refractivity contribution in [3.8, 4) is 0 Å². The maximum Gasteiger partial charge on any atom is 0.222 e. The minimum Gasteiger partial charge on any atom is -0.343 e. The van der Waals surface area contributed by atoms with Crippen LogP contribution in [0.5, 0.6) is 0 Å². The molecule has 0 aromatic carbocycles. The third kappa shape index (κ3) is 4.12. The van der Waals surface area contributed by atoms with Gasteiger partial charge in [0.25, 0.3) is 0 Å². The number of hydrogen-bond donors (Lipinski definition) is 0. The summed E-state index contributed by atoms with van der Waals surface area (Å²) in [5.41, 5.74) is 0.366. The Morgan fingerprint density at radius 3 is 2.29 bits per heavy atom. The normalized spacial score (nSPS) is 17.5. The number of nitrogens with zero attached hydrogens (tertiary/aromatic N) is 1. The van der Waals surface area contributed by atoms with Gasteiger partial charge in [-0.25, -0.2) is 0 Å². The molecule has 0 aromatic heterocycles. The molecule has 1 saturated heterocycles. The van der Waals surface area contributed by atoms with E-state index in [1.165, 1.54) is 12.8 Å². The molecule has 1 amide bonds. The number of likely N-dealkylation sites (tertiary alicyclic amines) is 1. The predicted molar refractivity (Wildman–Crippen MR) is 59.1 cm³/mol. The van der Waals surface area contributed by atoms with E-state index < -0.39 is 0 Å². The lowest BCUT2D eigenvalue weighted by Gasteiger charge is -2.19. The highest BCUT2D eigenvalue weighted by Gasteiger charge is 2.18. The summed E-state index contributed by atoms with van der Waals surface area (Å²) in [5, 5.41) is 0. The van der Waals surface area contributed by atoms with Gasteiger partial charge in [-0.3, -0.25) is 4.79 Å². The molecule has 1 heterocycles. The summed E-state index contributed by atoms with van der Waals surface area (Å²) in [5.74, 6) is 0.367. The van der Waals surface area contributed by atoms with Gasteiger partial charge in [0.05, 0.1) is 0 Å². The number of hydrogen-bond acceptors (Lipinski definition) is 1. The predicted octanol–water partition coefficient (Wildman–Crippen LogP) is 2.83. The van der Waals surface area contributed by atoms with Crippen molar-refractivity contribution in [2.45, 2.75) is 52.9 Å². The number of amides is 1. The van der Waals surface area contributed by atoms with Crippen LogP contribution in [0.3, 0.4) is 0 Å². The Hall–Kier alpha value is -0.530. The van der Waals surface area contributed by atoms with Gasteiger partial charge in [-0.1, -0.05) is 20.8 Å². The van der Waals surface area contributed by atoms with Crippen molar-refractivity contribution in [3.63, 3.8) is 0 Å². The van der Waals surface area contributed by atoms with E-state index in [1.807, 2.05) is 4.90 Å². The first-order chi connectivity index (χ1) is 6.49. The zero-order valence-corrected chi connectivity index (χ0v) is 9.81. The van der Waals surface area contributed by atoms with Crippen molar-refractivity contribution in [1.29, 1.82) is 0 Å². The molecule has 1 fully saturated rings. The maximum absolute atomic E-state index is 11.7. The fraction of sp³-hybridized carbons (Fsp3) is 0.917. The number of carbonyl (C=O) groups is 1. The van der Waals surface area contributed by atoms with Gasteiger partial charge in [-0.05, 0) is 31.1 Å². The summed E-state index contributed by atoms with van der Waals surface area (Å²) in [6, 6.07) is 0. The number of rotatable bonds is 3. The molecular weight excluding hydrogens is 174 g/mol. The monoisotopic (exact) mass is 197 g/mol. The first kappa shape index (κ1) is 11.5. The lowest BCUT2D eigenvalue weighted by molar-refractivity contribution is -0.130. The van der Waals surface area contributed by atoms with Crippen molar-refractivity contribution >= 4 is 5.91 Å². The lowest BCUT2D eigenvalue weighted by atomic mass is 9.90. The van der Waals surface area contributed by atoms with Crippen LogP contribution >= 0.6 is 0 Å². The SMILES string of the molecule is CC(C)(C)CCCC(=O)N1CCCC1. The molecule has 14 heavy (non-hydrogen) atoms. The third-order valence-corrected chi connectivity index (χ3v) is 2.78.